The van der Waals surface area contributed by atoms with Crippen LogP contribution in [0.2, 0.25) is 0 Å². The molecule has 0 radical (unpaired) electrons. The third kappa shape index (κ3) is 12.5. The fourth-order valence-electron chi connectivity index (χ4n) is 3.08. The molecule has 0 aliphatic carbocycles. The van der Waals surface area contributed by atoms with Gasteiger partial charge in [-0.25, -0.2) is 0 Å². The number of allylic oxidation sites excluding steroid dienone is 3. The quantitative estimate of drug-likeness (QED) is 0.194. The molecule has 0 aliphatic heterocycles. The maximum atomic E-state index is 11.6. The molecule has 2 rings (SSSR count). The molecule has 0 aliphatic rings. The van der Waals surface area contributed by atoms with Crippen LogP contribution in [0.5, 0.6) is 0 Å². The highest BCUT2D eigenvalue weighted by atomic mass is 16.1. The van der Waals surface area contributed by atoms with E-state index in [0.29, 0.717) is 19.4 Å². The van der Waals surface area contributed by atoms with Crippen molar-refractivity contribution in [3.63, 3.8) is 0 Å². The Morgan fingerprint density at radius 1 is 0.943 bits per heavy atom. The summed E-state index contributed by atoms with van der Waals surface area (Å²) in [5.41, 5.74) is 5.89. The number of aliphatic imine (C=N–C) groups is 1. The summed E-state index contributed by atoms with van der Waals surface area (Å²) >= 11 is 0. The van der Waals surface area contributed by atoms with Gasteiger partial charge in [-0.3, -0.25) is 14.6 Å². The van der Waals surface area contributed by atoms with Crippen molar-refractivity contribution >= 4 is 23.7 Å². The van der Waals surface area contributed by atoms with Crippen molar-refractivity contribution in [3.8, 4) is 0 Å². The van der Waals surface area contributed by atoms with Crippen molar-refractivity contribution in [1.29, 1.82) is 0 Å². The number of aryl methyl sites for hydroxylation is 1. The monoisotopic (exact) mass is 475 g/mol. The maximum Gasteiger partial charge on any atom is 0.220 e. The highest BCUT2D eigenvalue weighted by Crippen LogP contribution is 2.15. The van der Waals surface area contributed by atoms with Gasteiger partial charge < -0.3 is 10.6 Å². The molecule has 5 heteroatoms. The van der Waals surface area contributed by atoms with Crippen molar-refractivity contribution < 1.29 is 9.59 Å². The van der Waals surface area contributed by atoms with Gasteiger partial charge in [0.15, 0.2) is 0 Å². The van der Waals surface area contributed by atoms with Gasteiger partial charge in [0.05, 0.1) is 5.71 Å². The topological polar surface area (TPSA) is 70.6 Å². The van der Waals surface area contributed by atoms with Crippen LogP contribution in [0.25, 0.3) is 0 Å². The first-order valence-electron chi connectivity index (χ1n) is 12.4. The highest BCUT2D eigenvalue weighted by Gasteiger charge is 2.03. The average Bonchev–Trinajstić information content (AvgIpc) is 2.88. The summed E-state index contributed by atoms with van der Waals surface area (Å²) in [5, 5.41) is 5.60. The van der Waals surface area contributed by atoms with Gasteiger partial charge in [-0.2, -0.15) is 0 Å². The van der Waals surface area contributed by atoms with Crippen molar-refractivity contribution in [2.45, 2.75) is 65.8 Å². The van der Waals surface area contributed by atoms with Crippen LogP contribution in [0.15, 0.2) is 77.8 Å². The van der Waals surface area contributed by atoms with Gasteiger partial charge in [-0.05, 0) is 54.2 Å². The van der Waals surface area contributed by atoms with E-state index >= 15 is 0 Å². The van der Waals surface area contributed by atoms with E-state index in [1.54, 1.807) is 7.05 Å². The van der Waals surface area contributed by atoms with Gasteiger partial charge in [-0.1, -0.05) is 88.2 Å². The van der Waals surface area contributed by atoms with E-state index in [0.717, 1.165) is 52.9 Å². The Balaban J connectivity index is 0.00000142. The average molecular weight is 476 g/mol. The lowest BCUT2D eigenvalue weighted by atomic mass is 10.0. The Morgan fingerprint density at radius 3 is 2.26 bits per heavy atom. The Kier molecular flexibility index (Phi) is 15.1. The molecule has 2 N–H and O–H groups in total. The summed E-state index contributed by atoms with van der Waals surface area (Å²) in [4.78, 5) is 26.6. The number of carbonyl (C=O) groups is 2. The van der Waals surface area contributed by atoms with Crippen molar-refractivity contribution in [3.05, 3.63) is 89.5 Å². The fraction of sp³-hybridized carbons (Fsp3) is 0.367. The number of amides is 2. The predicted molar refractivity (Wildman–Crippen MR) is 149 cm³/mol. The third-order valence-corrected chi connectivity index (χ3v) is 5.32. The van der Waals surface area contributed by atoms with Crippen LogP contribution in [0, 0.1) is 0 Å². The Morgan fingerprint density at radius 2 is 1.66 bits per heavy atom. The molecule has 0 saturated heterocycles. The minimum absolute atomic E-state index is 0.0792. The van der Waals surface area contributed by atoms with Crippen molar-refractivity contribution in [2.75, 3.05) is 12.4 Å². The minimum Gasteiger partial charge on any atom is -0.352 e. The fourth-order valence-corrected chi connectivity index (χ4v) is 3.08. The van der Waals surface area contributed by atoms with Crippen LogP contribution in [0.1, 0.15) is 69.6 Å². The first kappa shape index (κ1) is 29.6. The lowest BCUT2D eigenvalue weighted by Gasteiger charge is -2.07. The second-order valence-corrected chi connectivity index (χ2v) is 8.29. The Bertz CT molecular complexity index is 973. The van der Waals surface area contributed by atoms with Gasteiger partial charge in [0.25, 0.3) is 0 Å². The van der Waals surface area contributed by atoms with Gasteiger partial charge in [0.1, 0.15) is 0 Å². The lowest BCUT2D eigenvalue weighted by molar-refractivity contribution is -0.121. The normalized spacial score (nSPS) is 10.9. The number of hydrogen-bond acceptors (Lipinski definition) is 3. The van der Waals surface area contributed by atoms with E-state index in [-0.39, 0.29) is 5.91 Å². The molecule has 35 heavy (non-hydrogen) atoms. The summed E-state index contributed by atoms with van der Waals surface area (Å²) in [6.45, 7) is 11.0. The van der Waals surface area contributed by atoms with Crippen LogP contribution >= 0.6 is 0 Å². The Labute approximate surface area is 211 Å². The molecular formula is C30H41N3O2. The van der Waals surface area contributed by atoms with Gasteiger partial charge >= 0.3 is 0 Å². The summed E-state index contributed by atoms with van der Waals surface area (Å²) in [7, 11) is 1.77. The summed E-state index contributed by atoms with van der Waals surface area (Å²) in [6, 6.07) is 15.9. The van der Waals surface area contributed by atoms with Crippen LogP contribution in [-0.2, 0) is 22.6 Å². The van der Waals surface area contributed by atoms with Crippen molar-refractivity contribution in [2.24, 2.45) is 4.99 Å². The number of hydrogen-bond donors (Lipinski definition) is 2. The first-order valence-corrected chi connectivity index (χ1v) is 12.4. The number of unbranched alkanes of at least 4 members (excludes halogenated alkanes) is 1. The highest BCUT2D eigenvalue weighted by molar-refractivity contribution is 6.08. The van der Waals surface area contributed by atoms with Crippen LogP contribution in [0.4, 0.5) is 5.69 Å². The molecule has 5 nitrogen and oxygen atoms in total. The van der Waals surface area contributed by atoms with E-state index in [4.69, 9.17) is 0 Å². The standard InChI is InChI=1S/C26H31N3O2.C4H10/c1-4-6-26(31)28-18-22-12-14-23(15-13-22)25(27-3)16-10-20(2)9-11-21-7-5-8-24(17-21)29-19-30;1-3-4-2/h5,7-8,10,12-17,19H,2,4,6,9,11,18H2,1,3H3,(H,28,31)(H,29,30);3-4H2,1-2H3/b16-10-,27-25?;. The zero-order valence-corrected chi connectivity index (χ0v) is 21.8. The number of nitrogens with zero attached hydrogens (tertiary/aromatic N) is 1. The molecule has 0 atom stereocenters. The van der Waals surface area contributed by atoms with Crippen LogP contribution in [-0.4, -0.2) is 25.1 Å². The number of nitrogens with one attached hydrogen (secondary N) is 2. The van der Waals surface area contributed by atoms with E-state index < -0.39 is 0 Å². The number of benzene rings is 2. The Hall–Kier alpha value is -3.47. The van der Waals surface area contributed by atoms with Crippen molar-refractivity contribution in [1.82, 2.24) is 5.32 Å². The largest absolute Gasteiger partial charge is 0.352 e. The molecule has 188 valence electrons. The zero-order valence-electron chi connectivity index (χ0n) is 21.8. The maximum absolute atomic E-state index is 11.6. The minimum atomic E-state index is 0.0792. The van der Waals surface area contributed by atoms with Gasteiger partial charge in [-0.15, -0.1) is 0 Å². The zero-order chi connectivity index (χ0) is 25.9. The SMILES string of the molecule is C=C(/C=C\C(=NC)c1ccc(CNC(=O)CCC)cc1)CCc1cccc(NC=O)c1.CCCC. The number of carbonyl (C=O) groups excluding carboxylic acids is 2. The second-order valence-electron chi connectivity index (χ2n) is 8.29. The summed E-state index contributed by atoms with van der Waals surface area (Å²) in [5.74, 6) is 0.0792. The summed E-state index contributed by atoms with van der Waals surface area (Å²) < 4.78 is 0. The predicted octanol–water partition coefficient (Wildman–Crippen LogP) is 6.64. The van der Waals surface area contributed by atoms with Gasteiger partial charge in [0.2, 0.25) is 12.3 Å². The smallest absolute Gasteiger partial charge is 0.220 e. The molecule has 0 bridgehead atoms. The van der Waals surface area contributed by atoms with Gasteiger partial charge in [0, 0.05) is 25.7 Å². The molecule has 2 amide bonds. The summed E-state index contributed by atoms with van der Waals surface area (Å²) in [6.07, 6.45) is 10.4. The van der Waals surface area contributed by atoms with E-state index in [2.05, 4.69) is 36.1 Å². The molecular weight excluding hydrogens is 434 g/mol. The third-order valence-electron chi connectivity index (χ3n) is 5.32. The molecule has 0 fully saturated rings. The molecule has 2 aromatic rings. The molecule has 0 heterocycles. The lowest BCUT2D eigenvalue weighted by Crippen LogP contribution is -2.22. The molecule has 2 aromatic carbocycles. The van der Waals surface area contributed by atoms with E-state index in [1.165, 1.54) is 12.8 Å². The number of anilines is 1. The second kappa shape index (κ2) is 17.9. The van der Waals surface area contributed by atoms with Crippen LogP contribution in [0.3, 0.4) is 0 Å². The first-order chi connectivity index (χ1) is 17.0. The molecule has 0 unspecified atom stereocenters. The van der Waals surface area contributed by atoms with E-state index in [9.17, 15) is 9.59 Å². The molecule has 0 spiro atoms. The molecule has 0 aromatic heterocycles. The number of rotatable bonds is 13. The molecule has 0 saturated carbocycles. The van der Waals surface area contributed by atoms with Crippen LogP contribution < -0.4 is 10.6 Å². The van der Waals surface area contributed by atoms with E-state index in [1.807, 2.05) is 67.6 Å².